The van der Waals surface area contributed by atoms with Crippen molar-refractivity contribution < 1.29 is 9.90 Å². The van der Waals surface area contributed by atoms with Crippen LogP contribution in [0.3, 0.4) is 0 Å². The number of nitrogens with zero attached hydrogens (tertiary/aromatic N) is 2. The number of hydrogen-bond acceptors (Lipinski definition) is 4. The van der Waals surface area contributed by atoms with Crippen molar-refractivity contribution >= 4 is 17.2 Å². The number of carbonyl (C=O) groups excluding carboxylic acids is 1. The maximum absolute atomic E-state index is 12.0. The third-order valence-electron chi connectivity index (χ3n) is 4.11. The van der Waals surface area contributed by atoms with Crippen LogP contribution in [0.2, 0.25) is 0 Å². The Balaban J connectivity index is 1.76. The molecule has 0 saturated carbocycles. The SMILES string of the molecule is Cc1csc(=O)n1CCCC(=O)N1CC(O)(C(C)C)C1. The fourth-order valence-corrected chi connectivity index (χ4v) is 3.14. The quantitative estimate of drug-likeness (QED) is 0.889. The van der Waals surface area contributed by atoms with Crippen molar-refractivity contribution in [3.63, 3.8) is 0 Å². The fraction of sp³-hybridized carbons (Fsp3) is 0.714. The average molecular weight is 298 g/mol. The average Bonchev–Trinajstić information content (AvgIpc) is 2.65. The van der Waals surface area contributed by atoms with E-state index >= 15 is 0 Å². The van der Waals surface area contributed by atoms with E-state index in [1.165, 1.54) is 11.3 Å². The summed E-state index contributed by atoms with van der Waals surface area (Å²) in [5, 5.41) is 12.0. The van der Waals surface area contributed by atoms with E-state index in [0.29, 0.717) is 32.5 Å². The third kappa shape index (κ3) is 2.96. The zero-order valence-electron chi connectivity index (χ0n) is 12.3. The van der Waals surface area contributed by atoms with Crippen LogP contribution in [0, 0.1) is 12.8 Å². The number of hydrogen-bond donors (Lipinski definition) is 1. The third-order valence-corrected chi connectivity index (χ3v) is 4.99. The molecule has 112 valence electrons. The fourth-order valence-electron chi connectivity index (χ4n) is 2.38. The first-order valence-electron chi connectivity index (χ1n) is 6.98. The van der Waals surface area contributed by atoms with Crippen LogP contribution >= 0.6 is 11.3 Å². The Bertz CT molecular complexity index is 541. The van der Waals surface area contributed by atoms with Crippen LogP contribution in [-0.2, 0) is 11.3 Å². The summed E-state index contributed by atoms with van der Waals surface area (Å²) >= 11 is 1.19. The van der Waals surface area contributed by atoms with Crippen molar-refractivity contribution in [1.29, 1.82) is 0 Å². The van der Waals surface area contributed by atoms with Gasteiger partial charge in [-0.1, -0.05) is 25.2 Å². The maximum atomic E-state index is 12.0. The number of rotatable bonds is 5. The summed E-state index contributed by atoms with van der Waals surface area (Å²) in [7, 11) is 0. The number of likely N-dealkylation sites (tertiary alicyclic amines) is 1. The zero-order chi connectivity index (χ0) is 14.9. The highest BCUT2D eigenvalue weighted by atomic mass is 32.1. The van der Waals surface area contributed by atoms with Crippen molar-refractivity contribution in [1.82, 2.24) is 9.47 Å². The van der Waals surface area contributed by atoms with E-state index in [4.69, 9.17) is 0 Å². The molecule has 0 radical (unpaired) electrons. The standard InChI is InChI=1S/C14H22N2O3S/c1-10(2)14(19)8-15(9-14)12(17)5-4-6-16-11(3)7-20-13(16)18/h7,10,19H,4-6,8-9H2,1-3H3. The molecule has 2 heterocycles. The molecule has 5 nitrogen and oxygen atoms in total. The Kier molecular flexibility index (Phi) is 4.34. The van der Waals surface area contributed by atoms with Gasteiger partial charge in [-0.15, -0.1) is 0 Å². The molecule has 1 aromatic heterocycles. The molecule has 20 heavy (non-hydrogen) atoms. The highest BCUT2D eigenvalue weighted by molar-refractivity contribution is 7.07. The second-order valence-electron chi connectivity index (χ2n) is 5.91. The number of aromatic nitrogens is 1. The number of β-amino-alcohol motifs (C(OH)–C–C–N with tert-alkyl or cyclic N) is 1. The molecule has 2 rings (SSSR count). The summed E-state index contributed by atoms with van der Waals surface area (Å²) in [6.45, 7) is 7.28. The van der Waals surface area contributed by atoms with Gasteiger partial charge in [0, 0.05) is 24.0 Å². The van der Waals surface area contributed by atoms with Crippen molar-refractivity contribution in [2.75, 3.05) is 13.1 Å². The summed E-state index contributed by atoms with van der Waals surface area (Å²) < 4.78 is 1.71. The molecule has 0 unspecified atom stereocenters. The van der Waals surface area contributed by atoms with Gasteiger partial charge in [0.1, 0.15) is 5.60 Å². The lowest BCUT2D eigenvalue weighted by Crippen LogP contribution is -2.65. The number of aryl methyl sites for hydroxylation is 1. The monoisotopic (exact) mass is 298 g/mol. The van der Waals surface area contributed by atoms with Gasteiger partial charge in [-0.3, -0.25) is 9.59 Å². The Morgan fingerprint density at radius 1 is 1.50 bits per heavy atom. The number of thiazole rings is 1. The van der Waals surface area contributed by atoms with E-state index in [1.54, 1.807) is 9.47 Å². The molecule has 0 atom stereocenters. The van der Waals surface area contributed by atoms with Gasteiger partial charge in [0.05, 0.1) is 13.1 Å². The molecule has 6 heteroatoms. The minimum absolute atomic E-state index is 0.0353. The maximum Gasteiger partial charge on any atom is 0.307 e. The summed E-state index contributed by atoms with van der Waals surface area (Å²) in [5.41, 5.74) is 0.238. The van der Waals surface area contributed by atoms with Gasteiger partial charge in [-0.05, 0) is 19.3 Å². The Morgan fingerprint density at radius 3 is 2.65 bits per heavy atom. The molecular weight excluding hydrogens is 276 g/mol. The first-order valence-corrected chi connectivity index (χ1v) is 7.86. The van der Waals surface area contributed by atoms with Crippen molar-refractivity contribution in [3.05, 3.63) is 20.7 Å². The van der Waals surface area contributed by atoms with Crippen molar-refractivity contribution in [3.8, 4) is 0 Å². The van der Waals surface area contributed by atoms with Gasteiger partial charge >= 0.3 is 4.87 Å². The molecule has 0 bridgehead atoms. The minimum atomic E-state index is -0.712. The topological polar surface area (TPSA) is 62.5 Å². The lowest BCUT2D eigenvalue weighted by Gasteiger charge is -2.49. The molecule has 1 aliphatic heterocycles. The molecule has 1 saturated heterocycles. The summed E-state index contributed by atoms with van der Waals surface area (Å²) in [5.74, 6) is 0.231. The lowest BCUT2D eigenvalue weighted by atomic mass is 9.83. The van der Waals surface area contributed by atoms with Crippen LogP contribution in [0.1, 0.15) is 32.4 Å². The van der Waals surface area contributed by atoms with Crippen LogP contribution in [0.4, 0.5) is 0 Å². The Labute approximate surface area is 122 Å². The van der Waals surface area contributed by atoms with Gasteiger partial charge in [0.2, 0.25) is 5.91 Å². The van der Waals surface area contributed by atoms with Crippen molar-refractivity contribution in [2.45, 2.75) is 45.8 Å². The second-order valence-corrected chi connectivity index (χ2v) is 6.73. The van der Waals surface area contributed by atoms with E-state index in [-0.39, 0.29) is 16.7 Å². The molecule has 1 amide bonds. The molecule has 0 aliphatic carbocycles. The second kappa shape index (κ2) is 5.69. The number of amides is 1. The first-order chi connectivity index (χ1) is 9.33. The summed E-state index contributed by atoms with van der Waals surface area (Å²) in [4.78, 5) is 25.2. The van der Waals surface area contributed by atoms with E-state index in [9.17, 15) is 14.7 Å². The van der Waals surface area contributed by atoms with Crippen molar-refractivity contribution in [2.24, 2.45) is 5.92 Å². The predicted octanol–water partition coefficient (Wildman–Crippen LogP) is 1.23. The number of carbonyl (C=O) groups is 1. The van der Waals surface area contributed by atoms with Crippen LogP contribution in [0.25, 0.3) is 0 Å². The van der Waals surface area contributed by atoms with Gasteiger partial charge in [0.15, 0.2) is 0 Å². The predicted molar refractivity (Wildman–Crippen MR) is 78.9 cm³/mol. The minimum Gasteiger partial charge on any atom is -0.386 e. The summed E-state index contributed by atoms with van der Waals surface area (Å²) in [6.07, 6.45) is 1.09. The van der Waals surface area contributed by atoms with Crippen LogP contribution in [0.5, 0.6) is 0 Å². The largest absolute Gasteiger partial charge is 0.386 e. The highest BCUT2D eigenvalue weighted by Gasteiger charge is 2.45. The van der Waals surface area contributed by atoms with E-state index in [1.807, 2.05) is 26.2 Å². The van der Waals surface area contributed by atoms with E-state index in [0.717, 1.165) is 5.69 Å². The van der Waals surface area contributed by atoms with E-state index in [2.05, 4.69) is 0 Å². The molecular formula is C14H22N2O3S. The van der Waals surface area contributed by atoms with Gasteiger partial charge in [-0.2, -0.15) is 0 Å². The van der Waals surface area contributed by atoms with Gasteiger partial charge in [0.25, 0.3) is 0 Å². The Morgan fingerprint density at radius 2 is 2.15 bits per heavy atom. The molecule has 1 fully saturated rings. The molecule has 1 N–H and O–H groups in total. The van der Waals surface area contributed by atoms with Gasteiger partial charge in [-0.25, -0.2) is 0 Å². The van der Waals surface area contributed by atoms with Crippen LogP contribution in [0.15, 0.2) is 10.2 Å². The molecule has 0 aromatic carbocycles. The first kappa shape index (κ1) is 15.3. The lowest BCUT2D eigenvalue weighted by molar-refractivity contribution is -0.163. The van der Waals surface area contributed by atoms with Gasteiger partial charge < -0.3 is 14.6 Å². The van der Waals surface area contributed by atoms with Crippen LogP contribution in [-0.4, -0.2) is 39.2 Å². The molecule has 0 spiro atoms. The molecule has 1 aromatic rings. The smallest absolute Gasteiger partial charge is 0.307 e. The molecule has 1 aliphatic rings. The number of aliphatic hydroxyl groups is 1. The zero-order valence-corrected chi connectivity index (χ0v) is 13.1. The Hall–Kier alpha value is -1.14. The highest BCUT2D eigenvalue weighted by Crippen LogP contribution is 2.29. The normalized spacial score (nSPS) is 17.4. The van der Waals surface area contributed by atoms with E-state index < -0.39 is 5.60 Å². The summed E-state index contributed by atoms with van der Waals surface area (Å²) in [6, 6.07) is 0. The van der Waals surface area contributed by atoms with Crippen LogP contribution < -0.4 is 4.87 Å².